The Bertz CT molecular complexity index is 1220. The van der Waals surface area contributed by atoms with Gasteiger partial charge in [-0.1, -0.05) is 72.8 Å². The van der Waals surface area contributed by atoms with Crippen molar-refractivity contribution in [1.82, 2.24) is 0 Å². The van der Waals surface area contributed by atoms with E-state index in [1.807, 2.05) is 0 Å². The van der Waals surface area contributed by atoms with Crippen LogP contribution >= 0.6 is 0 Å². The average molecular weight is 549 g/mol. The molecule has 0 aliphatic heterocycles. The third-order valence-electron chi connectivity index (χ3n) is 7.43. The van der Waals surface area contributed by atoms with Crippen molar-refractivity contribution < 1.29 is 51.0 Å². The van der Waals surface area contributed by atoms with Gasteiger partial charge in [-0.2, -0.15) is 0 Å². The Morgan fingerprint density at radius 2 is 0.909 bits per heavy atom. The number of hydrogen-bond donors (Lipinski definition) is 0. The number of aryl methyl sites for hydroxylation is 2. The average Bonchev–Trinajstić information content (AvgIpc) is 3.34. The van der Waals surface area contributed by atoms with Crippen molar-refractivity contribution in [1.29, 1.82) is 0 Å². The van der Waals surface area contributed by atoms with Crippen LogP contribution in [0.3, 0.4) is 0 Å². The summed E-state index contributed by atoms with van der Waals surface area (Å²) in [7, 11) is 0. The van der Waals surface area contributed by atoms with Crippen LogP contribution in [0.5, 0.6) is 0 Å². The first-order valence-electron chi connectivity index (χ1n) is 11.1. The minimum absolute atomic E-state index is 0. The maximum atomic E-state index is 2.37. The molecule has 0 unspecified atom stereocenters. The molecule has 0 aromatic heterocycles. The molecule has 3 heteroatoms. The van der Waals surface area contributed by atoms with Crippen LogP contribution in [0, 0.1) is 13.8 Å². The third kappa shape index (κ3) is 4.29. The molecule has 6 rings (SSSR count). The SMILES string of the molecule is Cc1c(CCc2ccc3c(c2C)Cc2ccccc2-3)ccc2c1Cc1ccccc1-2.[Cl-].[Cl-].[Zr+2]. The fraction of sp³-hybridized carbons (Fsp3) is 0.200. The number of halogens is 2. The van der Waals surface area contributed by atoms with Gasteiger partial charge in [-0.15, -0.1) is 0 Å². The molecule has 0 spiro atoms. The van der Waals surface area contributed by atoms with E-state index in [0.717, 1.165) is 25.7 Å². The first kappa shape index (κ1) is 26.0. The molecule has 0 atom stereocenters. The van der Waals surface area contributed by atoms with Crippen LogP contribution in [0.4, 0.5) is 0 Å². The van der Waals surface area contributed by atoms with Crippen molar-refractivity contribution in [2.45, 2.75) is 39.5 Å². The first-order chi connectivity index (χ1) is 14.7. The minimum Gasteiger partial charge on any atom is -1.00 e. The van der Waals surface area contributed by atoms with Crippen molar-refractivity contribution in [2.24, 2.45) is 0 Å². The standard InChI is InChI=1S/C30H26.2ClH.Zr/c1-19-21(13-15-27-25-9-5-3-7-23(25)17-29(19)27)11-12-22-14-16-28-26-10-6-4-8-24(26)18-30(28)20(22)2;;;/h3-10,13-16H,11-12,17-18H2,1-2H3;2*1H;/q;;;+2/p-2. The predicted molar refractivity (Wildman–Crippen MR) is 126 cm³/mol. The van der Waals surface area contributed by atoms with Crippen molar-refractivity contribution in [3.05, 3.63) is 117 Å². The molecule has 0 saturated heterocycles. The van der Waals surface area contributed by atoms with E-state index in [1.54, 1.807) is 0 Å². The summed E-state index contributed by atoms with van der Waals surface area (Å²) in [5, 5.41) is 0. The zero-order valence-corrected chi connectivity index (χ0v) is 23.0. The van der Waals surface area contributed by atoms with Gasteiger partial charge in [0.1, 0.15) is 0 Å². The smallest absolute Gasteiger partial charge is 1.00 e. The van der Waals surface area contributed by atoms with E-state index < -0.39 is 0 Å². The molecule has 0 heterocycles. The number of fused-ring (bicyclic) bond motifs is 6. The molecule has 0 nitrogen and oxygen atoms in total. The molecule has 0 amide bonds. The largest absolute Gasteiger partial charge is 2.00 e. The molecule has 0 radical (unpaired) electrons. The fourth-order valence-corrected chi connectivity index (χ4v) is 5.64. The van der Waals surface area contributed by atoms with Crippen LogP contribution in [0.1, 0.15) is 44.5 Å². The number of benzene rings is 4. The summed E-state index contributed by atoms with van der Waals surface area (Å²) in [6, 6.07) is 27.2. The van der Waals surface area contributed by atoms with Crippen molar-refractivity contribution >= 4 is 0 Å². The Morgan fingerprint density at radius 3 is 1.33 bits per heavy atom. The Labute approximate surface area is 228 Å². The summed E-state index contributed by atoms with van der Waals surface area (Å²) in [6.45, 7) is 4.65. The summed E-state index contributed by atoms with van der Waals surface area (Å²) >= 11 is 0. The Morgan fingerprint density at radius 1 is 0.515 bits per heavy atom. The molecule has 0 saturated carbocycles. The van der Waals surface area contributed by atoms with Gasteiger partial charge in [-0.05, 0) is 106 Å². The van der Waals surface area contributed by atoms with Gasteiger partial charge in [0.15, 0.2) is 0 Å². The number of rotatable bonds is 3. The Balaban J connectivity index is 0.00000102. The molecule has 2 aliphatic rings. The summed E-state index contributed by atoms with van der Waals surface area (Å²) in [6.07, 6.45) is 4.40. The minimum atomic E-state index is 0. The zero-order valence-electron chi connectivity index (χ0n) is 19.0. The summed E-state index contributed by atoms with van der Waals surface area (Å²) in [5.41, 5.74) is 17.8. The van der Waals surface area contributed by atoms with Gasteiger partial charge in [-0.25, -0.2) is 0 Å². The molecule has 33 heavy (non-hydrogen) atoms. The van der Waals surface area contributed by atoms with Crippen molar-refractivity contribution in [3.8, 4) is 22.3 Å². The van der Waals surface area contributed by atoms with Gasteiger partial charge in [0.05, 0.1) is 0 Å². The molecule has 4 aromatic rings. The van der Waals surface area contributed by atoms with Gasteiger partial charge < -0.3 is 24.8 Å². The van der Waals surface area contributed by atoms with Crippen LogP contribution in [-0.2, 0) is 51.9 Å². The normalized spacial score (nSPS) is 11.8. The molecular weight excluding hydrogens is 522 g/mol. The van der Waals surface area contributed by atoms with E-state index in [-0.39, 0.29) is 51.0 Å². The van der Waals surface area contributed by atoms with E-state index in [2.05, 4.69) is 86.6 Å². The Hall–Kier alpha value is -1.66. The van der Waals surface area contributed by atoms with Gasteiger partial charge in [0, 0.05) is 0 Å². The molecule has 0 bridgehead atoms. The summed E-state index contributed by atoms with van der Waals surface area (Å²) < 4.78 is 0. The van der Waals surface area contributed by atoms with Gasteiger partial charge >= 0.3 is 26.2 Å². The predicted octanol–water partition coefficient (Wildman–Crippen LogP) is 1.24. The van der Waals surface area contributed by atoms with E-state index in [4.69, 9.17) is 0 Å². The van der Waals surface area contributed by atoms with Crippen LogP contribution in [0.15, 0.2) is 72.8 Å². The number of hydrogen-bond acceptors (Lipinski definition) is 0. The Kier molecular flexibility index (Phi) is 8.11. The van der Waals surface area contributed by atoms with E-state index in [0.29, 0.717) is 0 Å². The van der Waals surface area contributed by atoms with Gasteiger partial charge in [0.25, 0.3) is 0 Å². The van der Waals surface area contributed by atoms with E-state index in [9.17, 15) is 0 Å². The van der Waals surface area contributed by atoms with Crippen LogP contribution in [0.25, 0.3) is 22.3 Å². The fourth-order valence-electron chi connectivity index (χ4n) is 5.64. The van der Waals surface area contributed by atoms with Gasteiger partial charge in [0.2, 0.25) is 0 Å². The second kappa shape index (κ2) is 10.3. The zero-order chi connectivity index (χ0) is 20.2. The monoisotopic (exact) mass is 546 g/mol. The molecule has 0 fully saturated rings. The molecular formula is C30H26Cl2Zr. The molecule has 0 N–H and O–H groups in total. The van der Waals surface area contributed by atoms with E-state index >= 15 is 0 Å². The maximum Gasteiger partial charge on any atom is 2.00 e. The van der Waals surface area contributed by atoms with Gasteiger partial charge in [-0.3, -0.25) is 0 Å². The maximum absolute atomic E-state index is 2.37. The quantitative estimate of drug-likeness (QED) is 0.312. The van der Waals surface area contributed by atoms with E-state index in [1.165, 1.54) is 66.8 Å². The third-order valence-corrected chi connectivity index (χ3v) is 7.43. The first-order valence-corrected chi connectivity index (χ1v) is 11.1. The molecule has 164 valence electrons. The van der Waals surface area contributed by atoms with Crippen LogP contribution in [0.2, 0.25) is 0 Å². The van der Waals surface area contributed by atoms with Crippen LogP contribution in [-0.4, -0.2) is 0 Å². The summed E-state index contributed by atoms with van der Waals surface area (Å²) in [4.78, 5) is 0. The van der Waals surface area contributed by atoms with Crippen molar-refractivity contribution in [3.63, 3.8) is 0 Å². The molecule has 2 aliphatic carbocycles. The summed E-state index contributed by atoms with van der Waals surface area (Å²) in [5.74, 6) is 0. The molecule has 4 aromatic carbocycles. The second-order valence-electron chi connectivity index (χ2n) is 8.92. The van der Waals surface area contributed by atoms with Crippen molar-refractivity contribution in [2.75, 3.05) is 0 Å². The topological polar surface area (TPSA) is 0 Å². The van der Waals surface area contributed by atoms with Crippen LogP contribution < -0.4 is 24.8 Å². The second-order valence-corrected chi connectivity index (χ2v) is 8.92.